The van der Waals surface area contributed by atoms with Crippen LogP contribution in [0, 0.1) is 10.1 Å². The van der Waals surface area contributed by atoms with E-state index < -0.39 is 10.8 Å². The SMILES string of the molecule is O=C(NC(=S)Nc1ccc([N+](=O)[O-])cc1O)c1ccc(OCCc2ccccc2)c(Br)c1. The Hall–Kier alpha value is -3.50. The molecule has 1 amide bonds. The lowest BCUT2D eigenvalue weighted by Crippen LogP contribution is -2.34. The molecule has 0 spiro atoms. The molecule has 0 aliphatic carbocycles. The highest BCUT2D eigenvalue weighted by Crippen LogP contribution is 2.28. The fourth-order valence-electron chi connectivity index (χ4n) is 2.75. The minimum atomic E-state index is -0.628. The Balaban J connectivity index is 1.56. The zero-order valence-electron chi connectivity index (χ0n) is 16.6. The first-order valence-corrected chi connectivity index (χ1v) is 10.6. The molecule has 0 fully saturated rings. The molecular formula is C22H18BrN3O5S. The van der Waals surface area contributed by atoms with Crippen LogP contribution < -0.4 is 15.4 Å². The third-order valence-electron chi connectivity index (χ3n) is 4.35. The molecule has 0 atom stereocenters. The molecule has 3 N–H and O–H groups in total. The molecule has 0 saturated carbocycles. The van der Waals surface area contributed by atoms with Crippen LogP contribution in [0.4, 0.5) is 11.4 Å². The molecule has 0 radical (unpaired) electrons. The second-order valence-electron chi connectivity index (χ2n) is 6.60. The smallest absolute Gasteiger partial charge is 0.273 e. The molecule has 3 rings (SSSR count). The van der Waals surface area contributed by atoms with Crippen LogP contribution in [0.3, 0.4) is 0 Å². The summed E-state index contributed by atoms with van der Waals surface area (Å²) in [5.41, 5.74) is 1.37. The van der Waals surface area contributed by atoms with E-state index in [2.05, 4.69) is 26.6 Å². The molecule has 0 aromatic heterocycles. The van der Waals surface area contributed by atoms with Gasteiger partial charge in [-0.2, -0.15) is 0 Å². The van der Waals surface area contributed by atoms with Gasteiger partial charge in [-0.3, -0.25) is 20.2 Å². The predicted octanol–water partition coefficient (Wildman–Crippen LogP) is 4.81. The molecule has 3 aromatic rings. The van der Waals surface area contributed by atoms with Crippen LogP contribution >= 0.6 is 28.1 Å². The number of amides is 1. The number of carbonyl (C=O) groups is 1. The van der Waals surface area contributed by atoms with Crippen LogP contribution in [0.25, 0.3) is 0 Å². The second-order valence-corrected chi connectivity index (χ2v) is 7.86. The van der Waals surface area contributed by atoms with Crippen molar-refractivity contribution in [2.24, 2.45) is 0 Å². The van der Waals surface area contributed by atoms with Gasteiger partial charge in [-0.05, 0) is 58.0 Å². The van der Waals surface area contributed by atoms with Gasteiger partial charge in [0, 0.05) is 18.1 Å². The van der Waals surface area contributed by atoms with E-state index in [4.69, 9.17) is 17.0 Å². The van der Waals surface area contributed by atoms with Crippen molar-refractivity contribution in [3.63, 3.8) is 0 Å². The topological polar surface area (TPSA) is 114 Å². The Kier molecular flexibility index (Phi) is 7.74. The number of anilines is 1. The first-order chi connectivity index (χ1) is 15.3. The molecular weight excluding hydrogens is 498 g/mol. The van der Waals surface area contributed by atoms with Crippen molar-refractivity contribution in [1.29, 1.82) is 0 Å². The lowest BCUT2D eigenvalue weighted by Gasteiger charge is -2.12. The first kappa shape index (κ1) is 23.2. The number of hydrogen-bond acceptors (Lipinski definition) is 6. The quantitative estimate of drug-likeness (QED) is 0.179. The number of nitro benzene ring substituents is 1. The maximum Gasteiger partial charge on any atom is 0.273 e. The summed E-state index contributed by atoms with van der Waals surface area (Å²) in [6.45, 7) is 0.487. The van der Waals surface area contributed by atoms with Gasteiger partial charge >= 0.3 is 0 Å². The van der Waals surface area contributed by atoms with Crippen molar-refractivity contribution in [3.05, 3.63) is 92.4 Å². The Morgan fingerprint density at radius 1 is 1.12 bits per heavy atom. The van der Waals surface area contributed by atoms with Crippen molar-refractivity contribution in [2.45, 2.75) is 6.42 Å². The van der Waals surface area contributed by atoms with E-state index in [0.29, 0.717) is 22.4 Å². The van der Waals surface area contributed by atoms with Crippen molar-refractivity contribution >= 4 is 50.5 Å². The first-order valence-electron chi connectivity index (χ1n) is 9.39. The maximum atomic E-state index is 12.5. The number of nitrogens with one attached hydrogen (secondary N) is 2. The third kappa shape index (κ3) is 6.25. The molecule has 0 bridgehead atoms. The fourth-order valence-corrected chi connectivity index (χ4v) is 3.45. The van der Waals surface area contributed by atoms with Gasteiger partial charge in [-0.25, -0.2) is 0 Å². The maximum absolute atomic E-state index is 12.5. The number of nitro groups is 1. The van der Waals surface area contributed by atoms with E-state index >= 15 is 0 Å². The molecule has 3 aromatic carbocycles. The number of aromatic hydroxyl groups is 1. The minimum Gasteiger partial charge on any atom is -0.506 e. The zero-order chi connectivity index (χ0) is 23.1. The largest absolute Gasteiger partial charge is 0.506 e. The number of hydrogen-bond donors (Lipinski definition) is 3. The van der Waals surface area contributed by atoms with Gasteiger partial charge in [-0.1, -0.05) is 30.3 Å². The highest BCUT2D eigenvalue weighted by Gasteiger charge is 2.14. The van der Waals surface area contributed by atoms with Crippen molar-refractivity contribution < 1.29 is 19.6 Å². The number of halogens is 1. The van der Waals surface area contributed by atoms with Gasteiger partial charge in [0.05, 0.1) is 27.8 Å². The summed E-state index contributed by atoms with van der Waals surface area (Å²) in [6.07, 6.45) is 0.755. The summed E-state index contributed by atoms with van der Waals surface area (Å²) in [5, 5.41) is 25.7. The van der Waals surface area contributed by atoms with E-state index in [0.717, 1.165) is 12.5 Å². The van der Waals surface area contributed by atoms with Crippen molar-refractivity contribution in [3.8, 4) is 11.5 Å². The van der Waals surface area contributed by atoms with E-state index in [-0.39, 0.29) is 22.2 Å². The van der Waals surface area contributed by atoms with Gasteiger partial charge < -0.3 is 15.2 Å². The number of benzene rings is 3. The van der Waals surface area contributed by atoms with E-state index in [9.17, 15) is 20.0 Å². The summed E-state index contributed by atoms with van der Waals surface area (Å²) in [4.78, 5) is 22.6. The number of carbonyl (C=O) groups excluding carboxylic acids is 1. The molecule has 0 aliphatic heterocycles. The Morgan fingerprint density at radius 3 is 2.53 bits per heavy atom. The van der Waals surface area contributed by atoms with Crippen LogP contribution in [-0.2, 0) is 6.42 Å². The minimum absolute atomic E-state index is 0.0709. The molecule has 32 heavy (non-hydrogen) atoms. The van der Waals surface area contributed by atoms with E-state index in [1.807, 2.05) is 30.3 Å². The Bertz CT molecular complexity index is 1160. The van der Waals surface area contributed by atoms with Crippen molar-refractivity contribution in [1.82, 2.24) is 5.32 Å². The Morgan fingerprint density at radius 2 is 1.88 bits per heavy atom. The molecule has 0 aliphatic rings. The van der Waals surface area contributed by atoms with Crippen LogP contribution in [0.15, 0.2) is 71.2 Å². The van der Waals surface area contributed by atoms with Gasteiger partial charge in [0.25, 0.3) is 11.6 Å². The standard InChI is InChI=1S/C22H18BrN3O5S/c23-17-12-15(6-9-20(17)31-11-10-14-4-2-1-3-5-14)21(28)25-22(32)24-18-8-7-16(26(29)30)13-19(18)27/h1-9,12-13,27H,10-11H2,(H2,24,25,28,32). The number of thiocarbonyl (C=S) groups is 1. The number of nitrogens with zero attached hydrogens (tertiary/aromatic N) is 1. The number of phenols is 1. The lowest BCUT2D eigenvalue weighted by molar-refractivity contribution is -0.384. The summed E-state index contributed by atoms with van der Waals surface area (Å²) >= 11 is 8.50. The van der Waals surface area contributed by atoms with Crippen LogP contribution in [0.1, 0.15) is 15.9 Å². The summed E-state index contributed by atoms with van der Waals surface area (Å²) < 4.78 is 6.40. The average Bonchev–Trinajstić information content (AvgIpc) is 2.76. The van der Waals surface area contributed by atoms with Gasteiger partial charge in [-0.15, -0.1) is 0 Å². The number of non-ortho nitro benzene ring substituents is 1. The highest BCUT2D eigenvalue weighted by molar-refractivity contribution is 9.10. The van der Waals surface area contributed by atoms with E-state index in [1.165, 1.54) is 17.7 Å². The number of phenolic OH excluding ortho intramolecular Hbond substituents is 1. The average molecular weight is 516 g/mol. The van der Waals surface area contributed by atoms with Crippen LogP contribution in [0.2, 0.25) is 0 Å². The summed E-state index contributed by atoms with van der Waals surface area (Å²) in [6, 6.07) is 18.3. The summed E-state index contributed by atoms with van der Waals surface area (Å²) in [7, 11) is 0. The third-order valence-corrected chi connectivity index (χ3v) is 5.18. The Labute approximate surface area is 197 Å². The summed E-state index contributed by atoms with van der Waals surface area (Å²) in [5.74, 6) is -0.232. The van der Waals surface area contributed by atoms with Crippen LogP contribution in [-0.4, -0.2) is 27.7 Å². The van der Waals surface area contributed by atoms with Crippen molar-refractivity contribution in [2.75, 3.05) is 11.9 Å². The van der Waals surface area contributed by atoms with Gasteiger partial charge in [0.1, 0.15) is 11.5 Å². The lowest BCUT2D eigenvalue weighted by atomic mass is 10.2. The molecule has 164 valence electrons. The molecule has 8 nitrogen and oxygen atoms in total. The highest BCUT2D eigenvalue weighted by atomic mass is 79.9. The van der Waals surface area contributed by atoms with Gasteiger partial charge in [0.15, 0.2) is 5.11 Å². The number of ether oxygens (including phenoxy) is 1. The second kappa shape index (κ2) is 10.7. The predicted molar refractivity (Wildman–Crippen MR) is 128 cm³/mol. The zero-order valence-corrected chi connectivity index (χ0v) is 19.0. The van der Waals surface area contributed by atoms with Gasteiger partial charge in [0.2, 0.25) is 0 Å². The van der Waals surface area contributed by atoms with Crippen LogP contribution in [0.5, 0.6) is 11.5 Å². The molecule has 0 saturated heterocycles. The van der Waals surface area contributed by atoms with E-state index in [1.54, 1.807) is 18.2 Å². The normalized spacial score (nSPS) is 10.3. The molecule has 0 unspecified atom stereocenters. The fraction of sp³-hybridized carbons (Fsp3) is 0.0909. The number of rotatable bonds is 7. The molecule has 10 heteroatoms. The monoisotopic (exact) mass is 515 g/mol. The molecule has 0 heterocycles.